The first kappa shape index (κ1) is 16.2. The van der Waals surface area contributed by atoms with Crippen molar-refractivity contribution < 1.29 is 4.79 Å². The molecule has 0 unspecified atom stereocenters. The van der Waals surface area contributed by atoms with E-state index in [0.717, 1.165) is 43.1 Å². The second kappa shape index (κ2) is 7.71. The summed E-state index contributed by atoms with van der Waals surface area (Å²) in [6, 6.07) is 4.17. The number of nitrogens with one attached hydrogen (secondary N) is 1. The first-order valence-electron chi connectivity index (χ1n) is 7.66. The zero-order valence-corrected chi connectivity index (χ0v) is 13.8. The highest BCUT2D eigenvalue weighted by Crippen LogP contribution is 2.17. The van der Waals surface area contributed by atoms with Crippen LogP contribution in [0.5, 0.6) is 0 Å². The lowest BCUT2D eigenvalue weighted by molar-refractivity contribution is -0.134. The van der Waals surface area contributed by atoms with Crippen molar-refractivity contribution in [1.82, 2.24) is 9.80 Å². The topological polar surface area (TPSA) is 47.4 Å². The number of amides is 1. The summed E-state index contributed by atoms with van der Waals surface area (Å²) in [5.74, 6) is 0.208. The van der Waals surface area contributed by atoms with Gasteiger partial charge in [-0.15, -0.1) is 11.3 Å². The average Bonchev–Trinajstić information content (AvgIpc) is 2.91. The number of hydrogen-bond donors (Lipinski definition) is 1. The van der Waals surface area contributed by atoms with Crippen LogP contribution in [0.2, 0.25) is 0 Å². The van der Waals surface area contributed by atoms with Gasteiger partial charge < -0.3 is 15.2 Å². The summed E-state index contributed by atoms with van der Waals surface area (Å²) in [4.78, 5) is 18.0. The molecule has 0 radical (unpaired) electrons. The Hall–Kier alpha value is -1.20. The van der Waals surface area contributed by atoms with Crippen LogP contribution in [-0.4, -0.2) is 54.1 Å². The molecule has 1 aliphatic rings. The number of piperazine rings is 1. The van der Waals surface area contributed by atoms with E-state index in [-0.39, 0.29) is 11.9 Å². The van der Waals surface area contributed by atoms with Crippen molar-refractivity contribution in [1.29, 1.82) is 5.41 Å². The summed E-state index contributed by atoms with van der Waals surface area (Å²) in [7, 11) is 2.09. The van der Waals surface area contributed by atoms with E-state index in [9.17, 15) is 4.79 Å². The van der Waals surface area contributed by atoms with E-state index >= 15 is 0 Å². The fourth-order valence-electron chi connectivity index (χ4n) is 2.87. The highest BCUT2D eigenvalue weighted by molar-refractivity contribution is 7.10. The van der Waals surface area contributed by atoms with E-state index in [4.69, 9.17) is 5.41 Å². The first-order valence-corrected chi connectivity index (χ1v) is 8.54. The Balaban J connectivity index is 1.99. The number of rotatable bonds is 6. The van der Waals surface area contributed by atoms with Crippen LogP contribution in [0.3, 0.4) is 0 Å². The van der Waals surface area contributed by atoms with E-state index < -0.39 is 0 Å². The van der Waals surface area contributed by atoms with Gasteiger partial charge in [-0.25, -0.2) is 0 Å². The Labute approximate surface area is 131 Å². The zero-order valence-electron chi connectivity index (χ0n) is 13.0. The number of hydrogen-bond acceptors (Lipinski definition) is 4. The van der Waals surface area contributed by atoms with Crippen molar-refractivity contribution in [2.24, 2.45) is 0 Å². The number of nitrogens with zero attached hydrogens (tertiary/aromatic N) is 2. The van der Waals surface area contributed by atoms with E-state index in [1.165, 1.54) is 0 Å². The third-order valence-electron chi connectivity index (χ3n) is 3.95. The second-order valence-corrected chi connectivity index (χ2v) is 6.85. The van der Waals surface area contributed by atoms with Crippen LogP contribution in [-0.2, 0) is 11.2 Å². The molecule has 0 saturated carbocycles. The molecule has 1 saturated heterocycles. The van der Waals surface area contributed by atoms with Crippen LogP contribution in [0.25, 0.3) is 0 Å². The Bertz CT molecular complexity index is 472. The smallest absolute Gasteiger partial charge is 0.228 e. The molecule has 1 atom stereocenters. The van der Waals surface area contributed by atoms with Crippen molar-refractivity contribution in [2.45, 2.75) is 38.6 Å². The quantitative estimate of drug-likeness (QED) is 0.821. The van der Waals surface area contributed by atoms with Crippen LogP contribution < -0.4 is 0 Å². The monoisotopic (exact) mass is 307 g/mol. The minimum absolute atomic E-state index is 0.162. The number of thiophene rings is 1. The fourth-order valence-corrected chi connectivity index (χ4v) is 3.56. The molecule has 0 aliphatic carbocycles. The van der Waals surface area contributed by atoms with E-state index in [1.807, 2.05) is 22.4 Å². The molecule has 0 bridgehead atoms. The van der Waals surface area contributed by atoms with Gasteiger partial charge in [0.2, 0.25) is 5.91 Å². The lowest BCUT2D eigenvalue weighted by atomic mass is 10.0. The van der Waals surface area contributed by atoms with Gasteiger partial charge in [-0.2, -0.15) is 0 Å². The SMILES string of the molecule is CCCC(=N)C[C@@H]1CN(C)CCN1C(=O)Cc1cccs1. The van der Waals surface area contributed by atoms with Gasteiger partial charge in [-0.1, -0.05) is 19.4 Å². The summed E-state index contributed by atoms with van der Waals surface area (Å²) < 4.78 is 0. The third kappa shape index (κ3) is 4.64. The third-order valence-corrected chi connectivity index (χ3v) is 4.82. The van der Waals surface area contributed by atoms with Gasteiger partial charge >= 0.3 is 0 Å². The van der Waals surface area contributed by atoms with Gasteiger partial charge in [0.25, 0.3) is 0 Å². The lowest BCUT2D eigenvalue weighted by Crippen LogP contribution is -2.55. The normalized spacial score (nSPS) is 19.7. The van der Waals surface area contributed by atoms with Gasteiger partial charge in [0.15, 0.2) is 0 Å². The van der Waals surface area contributed by atoms with Crippen molar-refractivity contribution in [3.63, 3.8) is 0 Å². The van der Waals surface area contributed by atoms with Crippen molar-refractivity contribution in [3.05, 3.63) is 22.4 Å². The Kier molecular flexibility index (Phi) is 5.94. The van der Waals surface area contributed by atoms with E-state index in [1.54, 1.807) is 11.3 Å². The summed E-state index contributed by atoms with van der Waals surface area (Å²) in [5.41, 5.74) is 0.770. The molecule has 2 rings (SSSR count). The number of carbonyl (C=O) groups excluding carboxylic acids is 1. The molecule has 1 amide bonds. The summed E-state index contributed by atoms with van der Waals surface area (Å²) in [5, 5.41) is 10.1. The van der Waals surface area contributed by atoms with E-state index in [2.05, 4.69) is 18.9 Å². The van der Waals surface area contributed by atoms with Crippen molar-refractivity contribution >= 4 is 23.0 Å². The second-order valence-electron chi connectivity index (χ2n) is 5.82. The van der Waals surface area contributed by atoms with Gasteiger partial charge in [-0.3, -0.25) is 4.79 Å². The van der Waals surface area contributed by atoms with E-state index in [0.29, 0.717) is 12.8 Å². The summed E-state index contributed by atoms with van der Waals surface area (Å²) in [6.07, 6.45) is 3.06. The Morgan fingerprint density at radius 1 is 1.48 bits per heavy atom. The largest absolute Gasteiger partial charge is 0.336 e. The van der Waals surface area contributed by atoms with Crippen LogP contribution in [0, 0.1) is 5.41 Å². The van der Waals surface area contributed by atoms with Gasteiger partial charge in [0.1, 0.15) is 0 Å². The molecule has 2 heterocycles. The lowest BCUT2D eigenvalue weighted by Gasteiger charge is -2.40. The van der Waals surface area contributed by atoms with Crippen LogP contribution in [0.4, 0.5) is 0 Å². The molecule has 0 aromatic carbocycles. The summed E-state index contributed by atoms with van der Waals surface area (Å²) >= 11 is 1.64. The molecule has 21 heavy (non-hydrogen) atoms. The molecule has 4 nitrogen and oxygen atoms in total. The predicted molar refractivity (Wildman–Crippen MR) is 88.3 cm³/mol. The van der Waals surface area contributed by atoms with Gasteiger partial charge in [0, 0.05) is 42.7 Å². The molecule has 0 spiro atoms. The van der Waals surface area contributed by atoms with Crippen LogP contribution >= 0.6 is 11.3 Å². The summed E-state index contributed by atoms with van der Waals surface area (Å²) in [6.45, 7) is 4.68. The molecule has 5 heteroatoms. The molecule has 116 valence electrons. The first-order chi connectivity index (χ1) is 10.1. The molecule has 1 fully saturated rings. The fraction of sp³-hybridized carbons (Fsp3) is 0.625. The van der Waals surface area contributed by atoms with Crippen LogP contribution in [0.1, 0.15) is 31.1 Å². The van der Waals surface area contributed by atoms with Crippen LogP contribution in [0.15, 0.2) is 17.5 Å². The molecule has 1 aromatic rings. The minimum atomic E-state index is 0.162. The minimum Gasteiger partial charge on any atom is -0.336 e. The molecule has 1 aliphatic heterocycles. The highest BCUT2D eigenvalue weighted by atomic mass is 32.1. The number of carbonyl (C=O) groups is 1. The molecular weight excluding hydrogens is 282 g/mol. The molecule has 1 N–H and O–H groups in total. The molecular formula is C16H25N3OS. The maximum absolute atomic E-state index is 12.6. The standard InChI is InChI=1S/C16H25N3OS/c1-3-5-13(17)10-14-12-18(2)7-8-19(14)16(20)11-15-6-4-9-21-15/h4,6,9,14,17H,3,5,7-8,10-12H2,1-2H3/t14-/m1/s1. The van der Waals surface area contributed by atoms with Crippen molar-refractivity contribution in [2.75, 3.05) is 26.7 Å². The van der Waals surface area contributed by atoms with Gasteiger partial charge in [0.05, 0.1) is 6.42 Å². The average molecular weight is 307 g/mol. The predicted octanol–water partition coefficient (Wildman–Crippen LogP) is 2.64. The maximum atomic E-state index is 12.6. The Morgan fingerprint density at radius 2 is 2.29 bits per heavy atom. The zero-order chi connectivity index (χ0) is 15.2. The molecule has 1 aromatic heterocycles. The maximum Gasteiger partial charge on any atom is 0.228 e. The van der Waals surface area contributed by atoms with Gasteiger partial charge in [-0.05, 0) is 24.9 Å². The Morgan fingerprint density at radius 3 is 2.95 bits per heavy atom. The number of likely N-dealkylation sites (N-methyl/N-ethyl adjacent to an activating group) is 1. The van der Waals surface area contributed by atoms with Crippen molar-refractivity contribution in [3.8, 4) is 0 Å². The highest BCUT2D eigenvalue weighted by Gasteiger charge is 2.29.